The Labute approximate surface area is 124 Å². The molecule has 112 valence electrons. The van der Waals surface area contributed by atoms with Crippen LogP contribution in [0.3, 0.4) is 0 Å². The standard InChI is InChI=1S/C18H30N2/c1-14-5-7-17(8-6-14)19-9-10-20(4)18-12-15(2)11-16(3)13-18/h11-14,17,19H,5-10H2,1-4H3. The van der Waals surface area contributed by atoms with Crippen LogP contribution < -0.4 is 10.2 Å². The predicted octanol–water partition coefficient (Wildman–Crippen LogP) is 3.91. The van der Waals surface area contributed by atoms with Gasteiger partial charge in [0.1, 0.15) is 0 Å². The summed E-state index contributed by atoms with van der Waals surface area (Å²) in [6.07, 6.45) is 5.50. The number of nitrogens with zero attached hydrogens (tertiary/aromatic N) is 1. The Balaban J connectivity index is 1.76. The summed E-state index contributed by atoms with van der Waals surface area (Å²) in [7, 11) is 2.19. The lowest BCUT2D eigenvalue weighted by Gasteiger charge is -2.28. The van der Waals surface area contributed by atoms with Crippen LogP contribution in [0.25, 0.3) is 0 Å². The van der Waals surface area contributed by atoms with Crippen molar-refractivity contribution in [2.45, 2.75) is 52.5 Å². The zero-order valence-corrected chi connectivity index (χ0v) is 13.6. The Kier molecular flexibility index (Phi) is 5.47. The van der Waals surface area contributed by atoms with Crippen LogP contribution in [0.4, 0.5) is 5.69 Å². The van der Waals surface area contributed by atoms with Gasteiger partial charge < -0.3 is 10.2 Å². The van der Waals surface area contributed by atoms with Gasteiger partial charge in [-0.2, -0.15) is 0 Å². The molecule has 0 bridgehead atoms. The minimum absolute atomic E-state index is 0.749. The van der Waals surface area contributed by atoms with Gasteiger partial charge in [-0.05, 0) is 68.7 Å². The van der Waals surface area contributed by atoms with E-state index in [1.54, 1.807) is 0 Å². The van der Waals surface area contributed by atoms with E-state index in [0.29, 0.717) is 0 Å². The molecule has 0 amide bonds. The van der Waals surface area contributed by atoms with Crippen molar-refractivity contribution in [1.29, 1.82) is 0 Å². The van der Waals surface area contributed by atoms with E-state index < -0.39 is 0 Å². The molecule has 0 heterocycles. The molecule has 1 aliphatic carbocycles. The molecular weight excluding hydrogens is 244 g/mol. The van der Waals surface area contributed by atoms with Crippen molar-refractivity contribution in [1.82, 2.24) is 5.32 Å². The van der Waals surface area contributed by atoms with Gasteiger partial charge in [-0.3, -0.25) is 0 Å². The highest BCUT2D eigenvalue weighted by Gasteiger charge is 2.17. The predicted molar refractivity (Wildman–Crippen MR) is 88.6 cm³/mol. The number of nitrogens with one attached hydrogen (secondary N) is 1. The molecule has 2 nitrogen and oxygen atoms in total. The number of rotatable bonds is 5. The monoisotopic (exact) mass is 274 g/mol. The van der Waals surface area contributed by atoms with E-state index >= 15 is 0 Å². The van der Waals surface area contributed by atoms with Crippen molar-refractivity contribution in [3.8, 4) is 0 Å². The average Bonchev–Trinajstić information content (AvgIpc) is 2.40. The molecule has 2 heteroatoms. The highest BCUT2D eigenvalue weighted by atomic mass is 15.1. The van der Waals surface area contributed by atoms with E-state index in [1.807, 2.05) is 0 Å². The lowest BCUT2D eigenvalue weighted by Crippen LogP contribution is -2.37. The summed E-state index contributed by atoms with van der Waals surface area (Å²) in [6, 6.07) is 7.53. The van der Waals surface area contributed by atoms with Gasteiger partial charge in [0.05, 0.1) is 0 Å². The van der Waals surface area contributed by atoms with E-state index in [2.05, 4.69) is 56.2 Å². The summed E-state index contributed by atoms with van der Waals surface area (Å²) in [5, 5.41) is 3.73. The van der Waals surface area contributed by atoms with E-state index in [9.17, 15) is 0 Å². The van der Waals surface area contributed by atoms with Gasteiger partial charge in [0.25, 0.3) is 0 Å². The third-order valence-corrected chi connectivity index (χ3v) is 4.54. The van der Waals surface area contributed by atoms with Crippen LogP contribution in [0.2, 0.25) is 0 Å². The zero-order chi connectivity index (χ0) is 14.5. The van der Waals surface area contributed by atoms with Crippen LogP contribution in [0.1, 0.15) is 43.7 Å². The Hall–Kier alpha value is -1.02. The Morgan fingerprint density at radius 2 is 1.65 bits per heavy atom. The summed E-state index contributed by atoms with van der Waals surface area (Å²) >= 11 is 0. The number of aryl methyl sites for hydroxylation is 2. The maximum Gasteiger partial charge on any atom is 0.0369 e. The number of hydrogen-bond acceptors (Lipinski definition) is 2. The van der Waals surface area contributed by atoms with Crippen molar-refractivity contribution < 1.29 is 0 Å². The molecule has 0 atom stereocenters. The fraction of sp³-hybridized carbons (Fsp3) is 0.667. The molecule has 0 saturated heterocycles. The third kappa shape index (κ3) is 4.52. The molecule has 0 unspecified atom stereocenters. The van der Waals surface area contributed by atoms with Crippen LogP contribution in [0.15, 0.2) is 18.2 Å². The van der Waals surface area contributed by atoms with E-state index in [0.717, 1.165) is 25.0 Å². The lowest BCUT2D eigenvalue weighted by molar-refractivity contribution is 0.309. The van der Waals surface area contributed by atoms with Gasteiger partial charge in [0, 0.05) is 31.9 Å². The van der Waals surface area contributed by atoms with Gasteiger partial charge in [0.15, 0.2) is 0 Å². The summed E-state index contributed by atoms with van der Waals surface area (Å²) in [5.41, 5.74) is 4.03. The van der Waals surface area contributed by atoms with Crippen LogP contribution in [0.5, 0.6) is 0 Å². The number of benzene rings is 1. The maximum absolute atomic E-state index is 3.73. The van der Waals surface area contributed by atoms with Crippen molar-refractivity contribution in [3.63, 3.8) is 0 Å². The number of hydrogen-bond donors (Lipinski definition) is 1. The first-order valence-corrected chi connectivity index (χ1v) is 8.07. The Morgan fingerprint density at radius 1 is 1.05 bits per heavy atom. The average molecular weight is 274 g/mol. The molecule has 0 aliphatic heterocycles. The van der Waals surface area contributed by atoms with Crippen LogP contribution >= 0.6 is 0 Å². The fourth-order valence-corrected chi connectivity index (χ4v) is 3.20. The smallest absolute Gasteiger partial charge is 0.0369 e. The van der Waals surface area contributed by atoms with Gasteiger partial charge in [0.2, 0.25) is 0 Å². The molecule has 2 rings (SSSR count). The SMILES string of the molecule is Cc1cc(C)cc(N(C)CCNC2CCC(C)CC2)c1. The second kappa shape index (κ2) is 7.12. The normalized spacial score (nSPS) is 22.8. The van der Waals surface area contributed by atoms with Crippen LogP contribution in [-0.4, -0.2) is 26.2 Å². The zero-order valence-electron chi connectivity index (χ0n) is 13.6. The first kappa shape index (κ1) is 15.4. The van der Waals surface area contributed by atoms with E-state index in [1.165, 1.54) is 42.5 Å². The molecule has 1 aromatic rings. The minimum Gasteiger partial charge on any atom is -0.373 e. The lowest BCUT2D eigenvalue weighted by atomic mass is 9.87. The van der Waals surface area contributed by atoms with Crippen molar-refractivity contribution in [3.05, 3.63) is 29.3 Å². The first-order valence-electron chi connectivity index (χ1n) is 8.07. The minimum atomic E-state index is 0.749. The van der Waals surface area contributed by atoms with E-state index in [4.69, 9.17) is 0 Å². The first-order chi connectivity index (χ1) is 9.54. The van der Waals surface area contributed by atoms with E-state index in [-0.39, 0.29) is 0 Å². The molecule has 0 aromatic heterocycles. The molecule has 0 radical (unpaired) electrons. The number of anilines is 1. The molecule has 1 aliphatic rings. The molecular formula is C18H30N2. The maximum atomic E-state index is 3.73. The quantitative estimate of drug-likeness (QED) is 0.876. The Morgan fingerprint density at radius 3 is 2.25 bits per heavy atom. The van der Waals surface area contributed by atoms with Gasteiger partial charge in [-0.25, -0.2) is 0 Å². The molecule has 1 fully saturated rings. The molecule has 1 N–H and O–H groups in total. The largest absolute Gasteiger partial charge is 0.373 e. The van der Waals surface area contributed by atoms with Crippen molar-refractivity contribution in [2.24, 2.45) is 5.92 Å². The topological polar surface area (TPSA) is 15.3 Å². The summed E-state index contributed by atoms with van der Waals surface area (Å²) in [5.74, 6) is 0.936. The second-order valence-corrected chi connectivity index (χ2v) is 6.68. The highest BCUT2D eigenvalue weighted by Crippen LogP contribution is 2.23. The molecule has 0 spiro atoms. The highest BCUT2D eigenvalue weighted by molar-refractivity contribution is 5.50. The van der Waals surface area contributed by atoms with Gasteiger partial charge in [-0.15, -0.1) is 0 Å². The van der Waals surface area contributed by atoms with Gasteiger partial charge in [-0.1, -0.05) is 13.0 Å². The van der Waals surface area contributed by atoms with Gasteiger partial charge >= 0.3 is 0 Å². The van der Waals surface area contributed by atoms with Crippen LogP contribution in [0, 0.1) is 19.8 Å². The van der Waals surface area contributed by atoms with Crippen molar-refractivity contribution >= 4 is 5.69 Å². The van der Waals surface area contributed by atoms with Crippen molar-refractivity contribution in [2.75, 3.05) is 25.0 Å². The summed E-state index contributed by atoms with van der Waals surface area (Å²) in [4.78, 5) is 2.36. The molecule has 1 aromatic carbocycles. The summed E-state index contributed by atoms with van der Waals surface area (Å²) in [6.45, 7) is 8.89. The van der Waals surface area contributed by atoms with Crippen LogP contribution in [-0.2, 0) is 0 Å². The number of likely N-dealkylation sites (N-methyl/N-ethyl adjacent to an activating group) is 1. The third-order valence-electron chi connectivity index (χ3n) is 4.54. The fourth-order valence-electron chi connectivity index (χ4n) is 3.20. The second-order valence-electron chi connectivity index (χ2n) is 6.68. The molecule has 1 saturated carbocycles. The Bertz CT molecular complexity index is 399. The molecule has 20 heavy (non-hydrogen) atoms. The summed E-state index contributed by atoms with van der Waals surface area (Å²) < 4.78 is 0.